The van der Waals surface area contributed by atoms with E-state index in [2.05, 4.69) is 41.4 Å². The maximum Gasteiger partial charge on any atom is 0.0642 e. The van der Waals surface area contributed by atoms with Crippen LogP contribution in [0.3, 0.4) is 0 Å². The third kappa shape index (κ3) is 4.40. The first kappa shape index (κ1) is 14.2. The van der Waals surface area contributed by atoms with E-state index in [1.165, 1.54) is 11.4 Å². The van der Waals surface area contributed by atoms with E-state index < -0.39 is 0 Å². The zero-order chi connectivity index (χ0) is 13.5. The standard InChI is InChI=1S/C15H24N2O2/c1-13(12-18-2)11-16-14-3-5-15(6-4-14)17-7-9-19-10-8-17/h3-6,13,16H,7-12H2,1-2H3. The van der Waals surface area contributed by atoms with Crippen LogP contribution in [-0.2, 0) is 9.47 Å². The predicted octanol–water partition coefficient (Wildman–Crippen LogP) is 2.22. The molecule has 0 aromatic heterocycles. The fraction of sp³-hybridized carbons (Fsp3) is 0.600. The van der Waals surface area contributed by atoms with Crippen LogP contribution in [0.1, 0.15) is 6.92 Å². The van der Waals surface area contributed by atoms with E-state index in [1.54, 1.807) is 7.11 Å². The van der Waals surface area contributed by atoms with Crippen molar-refractivity contribution in [2.75, 3.05) is 56.8 Å². The van der Waals surface area contributed by atoms with E-state index >= 15 is 0 Å². The predicted molar refractivity (Wildman–Crippen MR) is 79.0 cm³/mol. The number of ether oxygens (including phenoxy) is 2. The van der Waals surface area contributed by atoms with Gasteiger partial charge in [-0.3, -0.25) is 0 Å². The van der Waals surface area contributed by atoms with Gasteiger partial charge in [0.1, 0.15) is 0 Å². The van der Waals surface area contributed by atoms with Gasteiger partial charge in [0.25, 0.3) is 0 Å². The molecule has 0 bridgehead atoms. The summed E-state index contributed by atoms with van der Waals surface area (Å²) < 4.78 is 10.5. The molecular weight excluding hydrogens is 240 g/mol. The molecule has 1 atom stereocenters. The first-order chi connectivity index (χ1) is 9.29. The highest BCUT2D eigenvalue weighted by Crippen LogP contribution is 2.19. The Morgan fingerprint density at radius 2 is 1.95 bits per heavy atom. The molecule has 0 saturated carbocycles. The summed E-state index contributed by atoms with van der Waals surface area (Å²) in [7, 11) is 1.74. The van der Waals surface area contributed by atoms with Crippen molar-refractivity contribution in [1.29, 1.82) is 0 Å². The zero-order valence-electron chi connectivity index (χ0n) is 11.9. The Morgan fingerprint density at radius 1 is 1.26 bits per heavy atom. The number of rotatable bonds is 6. The zero-order valence-corrected chi connectivity index (χ0v) is 11.9. The topological polar surface area (TPSA) is 33.7 Å². The minimum absolute atomic E-state index is 0.518. The quantitative estimate of drug-likeness (QED) is 0.854. The molecule has 19 heavy (non-hydrogen) atoms. The molecule has 1 aliphatic heterocycles. The number of nitrogens with zero attached hydrogens (tertiary/aromatic N) is 1. The van der Waals surface area contributed by atoms with E-state index in [1.807, 2.05) is 0 Å². The third-order valence-electron chi connectivity index (χ3n) is 3.35. The lowest BCUT2D eigenvalue weighted by Gasteiger charge is -2.29. The molecule has 0 spiro atoms. The number of benzene rings is 1. The van der Waals surface area contributed by atoms with Gasteiger partial charge in [-0.1, -0.05) is 6.92 Å². The van der Waals surface area contributed by atoms with Crippen LogP contribution in [0, 0.1) is 5.92 Å². The molecule has 1 heterocycles. The Balaban J connectivity index is 1.83. The maximum absolute atomic E-state index is 5.37. The number of methoxy groups -OCH3 is 1. The first-order valence-electron chi connectivity index (χ1n) is 6.95. The van der Waals surface area contributed by atoms with Gasteiger partial charge >= 0.3 is 0 Å². The van der Waals surface area contributed by atoms with Gasteiger partial charge in [-0.2, -0.15) is 0 Å². The van der Waals surface area contributed by atoms with Gasteiger partial charge in [-0.15, -0.1) is 0 Å². The fourth-order valence-electron chi connectivity index (χ4n) is 2.25. The molecule has 0 radical (unpaired) electrons. The SMILES string of the molecule is COCC(C)CNc1ccc(N2CCOCC2)cc1. The van der Waals surface area contributed by atoms with Crippen LogP contribution in [0.4, 0.5) is 11.4 Å². The van der Waals surface area contributed by atoms with Gasteiger partial charge in [0, 0.05) is 38.1 Å². The van der Waals surface area contributed by atoms with Crippen molar-refractivity contribution < 1.29 is 9.47 Å². The van der Waals surface area contributed by atoms with Crippen LogP contribution >= 0.6 is 0 Å². The minimum atomic E-state index is 0.518. The second kappa shape index (κ2) is 7.36. The molecule has 106 valence electrons. The summed E-state index contributed by atoms with van der Waals surface area (Å²) in [5.41, 5.74) is 2.44. The van der Waals surface area contributed by atoms with Gasteiger partial charge < -0.3 is 19.7 Å². The van der Waals surface area contributed by atoms with Gasteiger partial charge in [-0.05, 0) is 30.2 Å². The Labute approximate surface area is 115 Å². The van der Waals surface area contributed by atoms with Crippen LogP contribution in [0.15, 0.2) is 24.3 Å². The number of hydrogen-bond donors (Lipinski definition) is 1. The summed E-state index contributed by atoms with van der Waals surface area (Å²) >= 11 is 0. The molecule has 1 aromatic carbocycles. The Hall–Kier alpha value is -1.26. The Kier molecular flexibility index (Phi) is 5.48. The summed E-state index contributed by atoms with van der Waals surface area (Å²) in [5, 5.41) is 3.44. The highest BCUT2D eigenvalue weighted by molar-refractivity contribution is 5.55. The molecule has 1 unspecified atom stereocenters. The Morgan fingerprint density at radius 3 is 2.58 bits per heavy atom. The van der Waals surface area contributed by atoms with Crippen molar-refractivity contribution in [3.05, 3.63) is 24.3 Å². The first-order valence-corrected chi connectivity index (χ1v) is 6.95. The summed E-state index contributed by atoms with van der Waals surface area (Å²) in [4.78, 5) is 2.36. The molecule has 1 saturated heterocycles. The van der Waals surface area contributed by atoms with Crippen molar-refractivity contribution in [2.45, 2.75) is 6.92 Å². The second-order valence-corrected chi connectivity index (χ2v) is 5.09. The van der Waals surface area contributed by atoms with Crippen LogP contribution in [0.25, 0.3) is 0 Å². The van der Waals surface area contributed by atoms with E-state index in [4.69, 9.17) is 9.47 Å². The van der Waals surface area contributed by atoms with Crippen LogP contribution in [0.2, 0.25) is 0 Å². The second-order valence-electron chi connectivity index (χ2n) is 5.09. The van der Waals surface area contributed by atoms with Gasteiger partial charge in [0.15, 0.2) is 0 Å². The minimum Gasteiger partial charge on any atom is -0.385 e. The largest absolute Gasteiger partial charge is 0.385 e. The molecule has 2 rings (SSSR count). The Bertz CT molecular complexity index is 361. The van der Waals surface area contributed by atoms with Crippen molar-refractivity contribution in [3.8, 4) is 0 Å². The molecule has 0 amide bonds. The van der Waals surface area contributed by atoms with E-state index in [0.29, 0.717) is 5.92 Å². The molecule has 0 aliphatic carbocycles. The summed E-state index contributed by atoms with van der Waals surface area (Å²) in [6.45, 7) is 7.53. The van der Waals surface area contributed by atoms with Crippen molar-refractivity contribution in [2.24, 2.45) is 5.92 Å². The lowest BCUT2D eigenvalue weighted by atomic mass is 10.2. The third-order valence-corrected chi connectivity index (χ3v) is 3.35. The smallest absolute Gasteiger partial charge is 0.0642 e. The molecule has 1 N–H and O–H groups in total. The van der Waals surface area contributed by atoms with Crippen LogP contribution < -0.4 is 10.2 Å². The van der Waals surface area contributed by atoms with Crippen LogP contribution in [-0.4, -0.2) is 46.6 Å². The monoisotopic (exact) mass is 264 g/mol. The number of morpholine rings is 1. The highest BCUT2D eigenvalue weighted by atomic mass is 16.5. The van der Waals surface area contributed by atoms with Gasteiger partial charge in [0.05, 0.1) is 19.8 Å². The van der Waals surface area contributed by atoms with Gasteiger partial charge in [0.2, 0.25) is 0 Å². The molecule has 1 aliphatic rings. The normalized spacial score (nSPS) is 17.3. The van der Waals surface area contributed by atoms with E-state index in [-0.39, 0.29) is 0 Å². The lowest BCUT2D eigenvalue weighted by molar-refractivity contribution is 0.122. The lowest BCUT2D eigenvalue weighted by Crippen LogP contribution is -2.36. The summed E-state index contributed by atoms with van der Waals surface area (Å²) in [6, 6.07) is 8.64. The van der Waals surface area contributed by atoms with Crippen molar-refractivity contribution in [3.63, 3.8) is 0 Å². The molecule has 1 fully saturated rings. The molecular formula is C15H24N2O2. The average molecular weight is 264 g/mol. The number of anilines is 2. The average Bonchev–Trinajstić information content (AvgIpc) is 2.47. The van der Waals surface area contributed by atoms with Crippen molar-refractivity contribution in [1.82, 2.24) is 0 Å². The van der Waals surface area contributed by atoms with E-state index in [9.17, 15) is 0 Å². The highest BCUT2D eigenvalue weighted by Gasteiger charge is 2.10. The summed E-state index contributed by atoms with van der Waals surface area (Å²) in [5.74, 6) is 0.518. The molecule has 4 nitrogen and oxygen atoms in total. The van der Waals surface area contributed by atoms with Crippen molar-refractivity contribution >= 4 is 11.4 Å². The maximum atomic E-state index is 5.37. The van der Waals surface area contributed by atoms with Gasteiger partial charge in [-0.25, -0.2) is 0 Å². The number of nitrogens with one attached hydrogen (secondary N) is 1. The molecule has 4 heteroatoms. The fourth-order valence-corrected chi connectivity index (χ4v) is 2.25. The van der Waals surface area contributed by atoms with Crippen LogP contribution in [0.5, 0.6) is 0 Å². The van der Waals surface area contributed by atoms with E-state index in [0.717, 1.165) is 39.5 Å². The number of hydrogen-bond acceptors (Lipinski definition) is 4. The summed E-state index contributed by atoms with van der Waals surface area (Å²) in [6.07, 6.45) is 0. The molecule has 1 aromatic rings.